The van der Waals surface area contributed by atoms with E-state index in [9.17, 15) is 4.79 Å². The molecule has 158 valence electrons. The molecule has 1 aliphatic rings. The van der Waals surface area contributed by atoms with Crippen molar-refractivity contribution in [2.24, 2.45) is 5.92 Å². The Labute approximate surface area is 178 Å². The quantitative estimate of drug-likeness (QED) is 0.558. The predicted octanol–water partition coefficient (Wildman–Crippen LogP) is 5.63. The van der Waals surface area contributed by atoms with Gasteiger partial charge in [-0.3, -0.25) is 0 Å². The zero-order valence-corrected chi connectivity index (χ0v) is 19.8. The molecule has 1 aromatic rings. The van der Waals surface area contributed by atoms with Gasteiger partial charge in [-0.1, -0.05) is 42.6 Å². The summed E-state index contributed by atoms with van der Waals surface area (Å²) in [7, 11) is 0. The molecule has 1 aliphatic heterocycles. The summed E-state index contributed by atoms with van der Waals surface area (Å²) >= 11 is 3.68. The van der Waals surface area contributed by atoms with Crippen LogP contribution in [0.4, 0.5) is 10.5 Å². The van der Waals surface area contributed by atoms with Gasteiger partial charge in [0.05, 0.1) is 6.61 Å². The third-order valence-electron chi connectivity index (χ3n) is 5.20. The fourth-order valence-corrected chi connectivity index (χ4v) is 3.68. The maximum absolute atomic E-state index is 12.3. The summed E-state index contributed by atoms with van der Waals surface area (Å²) in [4.78, 5) is 16.4. The highest BCUT2D eigenvalue weighted by Gasteiger charge is 2.27. The summed E-state index contributed by atoms with van der Waals surface area (Å²) in [6, 6.07) is 4.18. The second kappa shape index (κ2) is 9.86. The van der Waals surface area contributed by atoms with E-state index in [-0.39, 0.29) is 6.09 Å². The molecule has 1 saturated heterocycles. The highest BCUT2D eigenvalue weighted by molar-refractivity contribution is 9.10. The van der Waals surface area contributed by atoms with Crippen molar-refractivity contribution in [2.45, 2.75) is 60.0 Å². The van der Waals surface area contributed by atoms with Crippen LogP contribution in [0, 0.1) is 12.8 Å². The molecule has 1 aromatic carbocycles. The van der Waals surface area contributed by atoms with Gasteiger partial charge in [0.25, 0.3) is 0 Å². The maximum Gasteiger partial charge on any atom is 0.410 e. The summed E-state index contributed by atoms with van der Waals surface area (Å²) in [6.45, 7) is 15.8. The molecule has 28 heavy (non-hydrogen) atoms. The van der Waals surface area contributed by atoms with Crippen molar-refractivity contribution >= 4 is 27.7 Å². The Kier molecular flexibility index (Phi) is 8.05. The third kappa shape index (κ3) is 6.29. The van der Waals surface area contributed by atoms with E-state index in [0.717, 1.165) is 48.4 Å². The van der Waals surface area contributed by atoms with E-state index >= 15 is 0 Å². The topological polar surface area (TPSA) is 42.0 Å². The summed E-state index contributed by atoms with van der Waals surface area (Å²) in [6.07, 6.45) is 2.03. The molecule has 6 heteroatoms. The van der Waals surface area contributed by atoms with E-state index < -0.39 is 5.60 Å². The molecule has 0 aromatic heterocycles. The van der Waals surface area contributed by atoms with Crippen molar-refractivity contribution in [1.82, 2.24) is 4.90 Å². The van der Waals surface area contributed by atoms with Crippen LogP contribution >= 0.6 is 15.9 Å². The Balaban J connectivity index is 2.04. The van der Waals surface area contributed by atoms with Gasteiger partial charge in [-0.25, -0.2) is 4.79 Å². The number of halogens is 1. The summed E-state index contributed by atoms with van der Waals surface area (Å²) in [5.41, 5.74) is 1.90. The fraction of sp³-hybridized carbons (Fsp3) is 0.682. The largest absolute Gasteiger partial charge is 0.493 e. The van der Waals surface area contributed by atoms with Crippen LogP contribution in [0.1, 0.15) is 53.0 Å². The van der Waals surface area contributed by atoms with Gasteiger partial charge in [0.1, 0.15) is 11.4 Å². The van der Waals surface area contributed by atoms with Gasteiger partial charge < -0.3 is 19.3 Å². The fourth-order valence-electron chi connectivity index (χ4n) is 3.25. The van der Waals surface area contributed by atoms with E-state index in [1.54, 1.807) is 4.90 Å². The summed E-state index contributed by atoms with van der Waals surface area (Å²) < 4.78 is 12.6. The number of carbonyl (C=O) groups excluding carboxylic acids is 1. The lowest BCUT2D eigenvalue weighted by molar-refractivity contribution is 0.0240. The monoisotopic (exact) mass is 454 g/mol. The van der Waals surface area contributed by atoms with Crippen molar-refractivity contribution in [3.8, 4) is 5.75 Å². The SMILES string of the molecule is CCC(CC)COc1cc(Br)c(C)c(N2CCN(C(=O)OC(C)(C)C)CC2)c1. The summed E-state index contributed by atoms with van der Waals surface area (Å²) in [5, 5.41) is 0. The number of hydrogen-bond donors (Lipinski definition) is 0. The number of hydrogen-bond acceptors (Lipinski definition) is 4. The highest BCUT2D eigenvalue weighted by Crippen LogP contribution is 2.33. The first-order chi connectivity index (χ1) is 13.1. The number of benzene rings is 1. The van der Waals surface area contributed by atoms with Gasteiger partial charge in [0.2, 0.25) is 0 Å². The number of amides is 1. The molecule has 0 aliphatic carbocycles. The second-order valence-corrected chi connectivity index (χ2v) is 9.35. The van der Waals surface area contributed by atoms with Gasteiger partial charge in [-0.05, 0) is 45.2 Å². The van der Waals surface area contributed by atoms with Gasteiger partial charge in [0, 0.05) is 42.4 Å². The van der Waals surface area contributed by atoms with Crippen LogP contribution in [0.5, 0.6) is 5.75 Å². The molecule has 0 saturated carbocycles. The molecule has 1 heterocycles. The van der Waals surface area contributed by atoms with E-state index in [2.05, 4.69) is 53.7 Å². The Morgan fingerprint density at radius 3 is 2.29 bits per heavy atom. The summed E-state index contributed by atoms with van der Waals surface area (Å²) in [5.74, 6) is 1.48. The number of carbonyl (C=O) groups is 1. The number of rotatable bonds is 6. The van der Waals surface area contributed by atoms with Gasteiger partial charge in [0.15, 0.2) is 0 Å². The smallest absolute Gasteiger partial charge is 0.410 e. The molecule has 0 spiro atoms. The highest BCUT2D eigenvalue weighted by atomic mass is 79.9. The number of ether oxygens (including phenoxy) is 2. The zero-order chi connectivity index (χ0) is 20.9. The molecule has 2 rings (SSSR count). The van der Waals surface area contributed by atoms with Crippen LogP contribution in [0.2, 0.25) is 0 Å². The minimum absolute atomic E-state index is 0.229. The first-order valence-electron chi connectivity index (χ1n) is 10.3. The molecule has 0 bridgehead atoms. The van der Waals surface area contributed by atoms with Crippen molar-refractivity contribution in [3.05, 3.63) is 22.2 Å². The number of anilines is 1. The first-order valence-corrected chi connectivity index (χ1v) is 11.1. The maximum atomic E-state index is 12.3. The average Bonchev–Trinajstić information content (AvgIpc) is 2.64. The average molecular weight is 455 g/mol. The number of nitrogens with zero attached hydrogens (tertiary/aromatic N) is 2. The van der Waals surface area contributed by atoms with E-state index in [1.807, 2.05) is 20.8 Å². The van der Waals surface area contributed by atoms with Crippen molar-refractivity contribution in [2.75, 3.05) is 37.7 Å². The van der Waals surface area contributed by atoms with Gasteiger partial charge in [-0.15, -0.1) is 0 Å². The molecule has 0 atom stereocenters. The molecular weight excluding hydrogens is 420 g/mol. The van der Waals surface area contributed by atoms with Gasteiger partial charge in [-0.2, -0.15) is 0 Å². The standard InChI is InChI=1S/C22H35BrN2O3/c1-7-17(8-2)15-27-18-13-19(23)16(3)20(14-18)24-9-11-25(12-10-24)21(26)28-22(4,5)6/h13-14,17H,7-12,15H2,1-6H3. The van der Waals surface area contributed by atoms with Crippen molar-refractivity contribution < 1.29 is 14.3 Å². The van der Waals surface area contributed by atoms with E-state index in [4.69, 9.17) is 9.47 Å². The lowest BCUT2D eigenvalue weighted by Crippen LogP contribution is -2.50. The minimum atomic E-state index is -0.462. The Morgan fingerprint density at radius 2 is 1.75 bits per heavy atom. The molecule has 1 amide bonds. The Hall–Kier alpha value is -1.43. The lowest BCUT2D eigenvalue weighted by Gasteiger charge is -2.37. The Bertz CT molecular complexity index is 660. The molecule has 0 radical (unpaired) electrons. The van der Waals surface area contributed by atoms with E-state index in [0.29, 0.717) is 19.0 Å². The van der Waals surface area contributed by atoms with Crippen LogP contribution in [-0.4, -0.2) is 49.4 Å². The predicted molar refractivity (Wildman–Crippen MR) is 118 cm³/mol. The molecule has 5 nitrogen and oxygen atoms in total. The van der Waals surface area contributed by atoms with Crippen LogP contribution < -0.4 is 9.64 Å². The van der Waals surface area contributed by atoms with Crippen LogP contribution in [0.3, 0.4) is 0 Å². The normalized spacial score (nSPS) is 15.1. The van der Waals surface area contributed by atoms with Gasteiger partial charge >= 0.3 is 6.09 Å². The second-order valence-electron chi connectivity index (χ2n) is 8.50. The molecule has 0 N–H and O–H groups in total. The van der Waals surface area contributed by atoms with Crippen molar-refractivity contribution in [1.29, 1.82) is 0 Å². The van der Waals surface area contributed by atoms with Crippen LogP contribution in [-0.2, 0) is 4.74 Å². The number of piperazine rings is 1. The molecule has 0 unspecified atom stereocenters. The molecule has 1 fully saturated rings. The van der Waals surface area contributed by atoms with Crippen LogP contribution in [0.25, 0.3) is 0 Å². The zero-order valence-electron chi connectivity index (χ0n) is 18.2. The van der Waals surface area contributed by atoms with E-state index in [1.165, 1.54) is 5.56 Å². The molecular formula is C22H35BrN2O3. The van der Waals surface area contributed by atoms with Crippen molar-refractivity contribution in [3.63, 3.8) is 0 Å². The minimum Gasteiger partial charge on any atom is -0.493 e. The third-order valence-corrected chi connectivity index (χ3v) is 6.03. The Morgan fingerprint density at radius 1 is 1.14 bits per heavy atom. The first kappa shape index (κ1) is 22.9. The van der Waals surface area contributed by atoms with Crippen LogP contribution in [0.15, 0.2) is 16.6 Å². The lowest BCUT2D eigenvalue weighted by atomic mass is 10.1.